The first-order chi connectivity index (χ1) is 9.22. The lowest BCUT2D eigenvalue weighted by atomic mass is 10.2. The SMILES string of the molecule is Cn1cnc(C(=O)N(CCC#N)c2ccccc2)c1. The number of hydrogen-bond acceptors (Lipinski definition) is 3. The first kappa shape index (κ1) is 12.8. The van der Waals surface area contributed by atoms with Gasteiger partial charge >= 0.3 is 0 Å². The number of nitriles is 1. The van der Waals surface area contributed by atoms with Crippen molar-refractivity contribution < 1.29 is 4.79 Å². The highest BCUT2D eigenvalue weighted by Crippen LogP contribution is 2.16. The number of nitrogens with zero attached hydrogens (tertiary/aromatic N) is 4. The first-order valence-corrected chi connectivity index (χ1v) is 5.94. The zero-order valence-electron chi connectivity index (χ0n) is 10.7. The summed E-state index contributed by atoms with van der Waals surface area (Å²) in [7, 11) is 1.81. The summed E-state index contributed by atoms with van der Waals surface area (Å²) in [5, 5.41) is 8.71. The molecule has 5 nitrogen and oxygen atoms in total. The van der Waals surface area contributed by atoms with Crippen LogP contribution in [0.1, 0.15) is 16.9 Å². The molecule has 2 rings (SSSR count). The van der Waals surface area contributed by atoms with E-state index < -0.39 is 0 Å². The topological polar surface area (TPSA) is 61.9 Å². The predicted molar refractivity (Wildman–Crippen MR) is 71.6 cm³/mol. The number of amides is 1. The number of hydrogen-bond donors (Lipinski definition) is 0. The molecule has 96 valence electrons. The summed E-state index contributed by atoms with van der Waals surface area (Å²) in [4.78, 5) is 18.0. The second-order valence-corrected chi connectivity index (χ2v) is 4.12. The van der Waals surface area contributed by atoms with Crippen molar-refractivity contribution in [1.29, 1.82) is 5.26 Å². The van der Waals surface area contributed by atoms with Crippen LogP contribution in [-0.4, -0.2) is 22.0 Å². The van der Waals surface area contributed by atoms with Gasteiger partial charge in [-0.1, -0.05) is 18.2 Å². The second kappa shape index (κ2) is 5.83. The average Bonchev–Trinajstić information content (AvgIpc) is 2.87. The Labute approximate surface area is 111 Å². The number of rotatable bonds is 4. The highest BCUT2D eigenvalue weighted by Gasteiger charge is 2.19. The third-order valence-corrected chi connectivity index (χ3v) is 2.68. The van der Waals surface area contributed by atoms with E-state index in [-0.39, 0.29) is 12.3 Å². The molecular formula is C14H14N4O. The van der Waals surface area contributed by atoms with Gasteiger partial charge in [0, 0.05) is 25.5 Å². The van der Waals surface area contributed by atoms with E-state index in [0.29, 0.717) is 12.2 Å². The van der Waals surface area contributed by atoms with Crippen LogP contribution in [0.5, 0.6) is 0 Å². The van der Waals surface area contributed by atoms with Gasteiger partial charge in [0.25, 0.3) is 5.91 Å². The van der Waals surface area contributed by atoms with Crippen LogP contribution in [0.15, 0.2) is 42.9 Å². The lowest BCUT2D eigenvalue weighted by Crippen LogP contribution is -2.32. The minimum Gasteiger partial charge on any atom is -0.340 e. The number of carbonyl (C=O) groups excluding carboxylic acids is 1. The molecule has 0 fully saturated rings. The third-order valence-electron chi connectivity index (χ3n) is 2.68. The summed E-state index contributed by atoms with van der Waals surface area (Å²) in [5.41, 5.74) is 1.15. The van der Waals surface area contributed by atoms with Gasteiger partial charge in [0.15, 0.2) is 0 Å². The Bertz CT molecular complexity index is 597. The van der Waals surface area contributed by atoms with Crippen molar-refractivity contribution in [3.8, 4) is 6.07 Å². The van der Waals surface area contributed by atoms with Gasteiger partial charge in [-0.25, -0.2) is 4.98 Å². The van der Waals surface area contributed by atoms with Gasteiger partial charge in [-0.3, -0.25) is 4.79 Å². The highest BCUT2D eigenvalue weighted by atomic mass is 16.2. The lowest BCUT2D eigenvalue weighted by Gasteiger charge is -2.20. The molecule has 0 atom stereocenters. The summed E-state index contributed by atoms with van der Waals surface area (Å²) < 4.78 is 1.72. The van der Waals surface area contributed by atoms with Crippen molar-refractivity contribution in [2.75, 3.05) is 11.4 Å². The summed E-state index contributed by atoms with van der Waals surface area (Å²) in [6, 6.07) is 11.4. The van der Waals surface area contributed by atoms with Crippen molar-refractivity contribution in [2.45, 2.75) is 6.42 Å². The van der Waals surface area contributed by atoms with Crippen LogP contribution in [0, 0.1) is 11.3 Å². The lowest BCUT2D eigenvalue weighted by molar-refractivity contribution is 0.0983. The molecule has 1 aromatic carbocycles. The van der Waals surface area contributed by atoms with Crippen LogP contribution < -0.4 is 4.90 Å². The Morgan fingerprint density at radius 1 is 1.42 bits per heavy atom. The van der Waals surface area contributed by atoms with Crippen LogP contribution in [-0.2, 0) is 7.05 Å². The van der Waals surface area contributed by atoms with Gasteiger partial charge in [0.2, 0.25) is 0 Å². The number of imidazole rings is 1. The molecule has 0 spiro atoms. The van der Waals surface area contributed by atoms with Gasteiger partial charge in [-0.05, 0) is 12.1 Å². The van der Waals surface area contributed by atoms with Crippen LogP contribution in [0.3, 0.4) is 0 Å². The molecule has 0 unspecified atom stereocenters. The van der Waals surface area contributed by atoms with E-state index in [1.807, 2.05) is 37.4 Å². The number of carbonyl (C=O) groups is 1. The molecule has 0 N–H and O–H groups in total. The maximum atomic E-state index is 12.4. The Morgan fingerprint density at radius 2 is 2.16 bits per heavy atom. The fourth-order valence-electron chi connectivity index (χ4n) is 1.78. The molecule has 2 aromatic rings. The first-order valence-electron chi connectivity index (χ1n) is 5.94. The second-order valence-electron chi connectivity index (χ2n) is 4.12. The molecule has 0 aliphatic rings. The largest absolute Gasteiger partial charge is 0.340 e. The van der Waals surface area contributed by atoms with Crippen molar-refractivity contribution in [2.24, 2.45) is 7.05 Å². The number of para-hydroxylation sites is 1. The van der Waals surface area contributed by atoms with Gasteiger partial charge in [-0.15, -0.1) is 0 Å². The van der Waals surface area contributed by atoms with Crippen LogP contribution in [0.25, 0.3) is 0 Å². The Kier molecular flexibility index (Phi) is 3.94. The van der Waals surface area contributed by atoms with Crippen molar-refractivity contribution in [1.82, 2.24) is 9.55 Å². The Hall–Kier alpha value is -2.61. The van der Waals surface area contributed by atoms with Gasteiger partial charge in [-0.2, -0.15) is 5.26 Å². The third kappa shape index (κ3) is 2.99. The molecule has 1 heterocycles. The Balaban J connectivity index is 2.28. The number of aryl methyl sites for hydroxylation is 1. The molecule has 0 saturated carbocycles. The molecular weight excluding hydrogens is 240 g/mol. The maximum Gasteiger partial charge on any atom is 0.278 e. The van der Waals surface area contributed by atoms with Crippen molar-refractivity contribution >= 4 is 11.6 Å². The Morgan fingerprint density at radius 3 is 2.74 bits per heavy atom. The zero-order chi connectivity index (χ0) is 13.7. The minimum atomic E-state index is -0.193. The number of anilines is 1. The van der Waals surface area contributed by atoms with Gasteiger partial charge < -0.3 is 9.47 Å². The molecule has 0 radical (unpaired) electrons. The van der Waals surface area contributed by atoms with Crippen LogP contribution in [0.2, 0.25) is 0 Å². The molecule has 0 saturated heterocycles. The van der Waals surface area contributed by atoms with Crippen LogP contribution in [0.4, 0.5) is 5.69 Å². The number of benzene rings is 1. The summed E-state index contributed by atoms with van der Waals surface area (Å²) >= 11 is 0. The molecule has 0 aliphatic carbocycles. The monoisotopic (exact) mass is 254 g/mol. The zero-order valence-corrected chi connectivity index (χ0v) is 10.7. The quantitative estimate of drug-likeness (QED) is 0.838. The average molecular weight is 254 g/mol. The molecule has 0 aliphatic heterocycles. The van der Waals surface area contributed by atoms with E-state index in [2.05, 4.69) is 11.1 Å². The van der Waals surface area contributed by atoms with E-state index in [1.165, 1.54) is 0 Å². The summed E-state index contributed by atoms with van der Waals surface area (Å²) in [6.45, 7) is 0.357. The maximum absolute atomic E-state index is 12.4. The molecule has 1 amide bonds. The fraction of sp³-hybridized carbons (Fsp3) is 0.214. The highest BCUT2D eigenvalue weighted by molar-refractivity contribution is 6.04. The van der Waals surface area contributed by atoms with E-state index in [9.17, 15) is 4.79 Å². The fourth-order valence-corrected chi connectivity index (χ4v) is 1.78. The van der Waals surface area contributed by atoms with E-state index in [0.717, 1.165) is 5.69 Å². The minimum absolute atomic E-state index is 0.193. The molecule has 19 heavy (non-hydrogen) atoms. The van der Waals surface area contributed by atoms with E-state index >= 15 is 0 Å². The van der Waals surface area contributed by atoms with Crippen LogP contribution >= 0.6 is 0 Å². The van der Waals surface area contributed by atoms with Crippen molar-refractivity contribution in [3.05, 3.63) is 48.5 Å². The molecule has 1 aromatic heterocycles. The summed E-state index contributed by atoms with van der Waals surface area (Å²) in [6.07, 6.45) is 3.54. The molecule has 0 bridgehead atoms. The molecule has 5 heteroatoms. The predicted octanol–water partition coefficient (Wildman–Crippen LogP) is 1.98. The summed E-state index contributed by atoms with van der Waals surface area (Å²) in [5.74, 6) is -0.193. The smallest absolute Gasteiger partial charge is 0.278 e. The van der Waals surface area contributed by atoms with Gasteiger partial charge in [0.05, 0.1) is 18.8 Å². The van der Waals surface area contributed by atoms with Gasteiger partial charge in [0.1, 0.15) is 5.69 Å². The standard InChI is InChI=1S/C14H14N4O/c1-17-10-13(16-11-17)14(19)18(9-5-8-15)12-6-3-2-4-7-12/h2-4,6-7,10-11H,5,9H2,1H3. The number of aromatic nitrogens is 2. The van der Waals surface area contributed by atoms with Crippen molar-refractivity contribution in [3.63, 3.8) is 0 Å². The van der Waals surface area contributed by atoms with E-state index in [1.54, 1.807) is 22.0 Å². The van der Waals surface area contributed by atoms with E-state index in [4.69, 9.17) is 5.26 Å². The normalized spacial score (nSPS) is 9.89.